The van der Waals surface area contributed by atoms with E-state index in [0.717, 1.165) is 12.0 Å². The number of anilines is 1. The normalized spacial score (nSPS) is 13.4. The highest BCUT2D eigenvalue weighted by Gasteiger charge is 2.52. The number of hydrogen-bond acceptors (Lipinski definition) is 7. The highest BCUT2D eigenvalue weighted by Crippen LogP contribution is 2.28. The zero-order valence-corrected chi connectivity index (χ0v) is 32.7. The third kappa shape index (κ3) is 12.2. The van der Waals surface area contributed by atoms with Crippen molar-refractivity contribution in [3.63, 3.8) is 0 Å². The third-order valence-electron chi connectivity index (χ3n) is 9.30. The van der Waals surface area contributed by atoms with E-state index >= 15 is 8.78 Å². The lowest BCUT2D eigenvalue weighted by Crippen LogP contribution is -2.63. The Morgan fingerprint density at radius 3 is 1.61 bits per heavy atom. The Morgan fingerprint density at radius 2 is 1.12 bits per heavy atom. The predicted molar refractivity (Wildman–Crippen MR) is 212 cm³/mol. The summed E-state index contributed by atoms with van der Waals surface area (Å²) in [6.45, 7) is 6.51. The molecule has 4 rings (SSSR count). The van der Waals surface area contributed by atoms with E-state index < -0.39 is 78.1 Å². The molecule has 57 heavy (non-hydrogen) atoms. The molecule has 4 aromatic carbocycles. The molecule has 0 saturated heterocycles. The number of alkyl carbamates (subject to hydrolysis) is 1. The van der Waals surface area contributed by atoms with E-state index in [2.05, 4.69) is 16.0 Å². The van der Waals surface area contributed by atoms with Crippen LogP contribution in [0.4, 0.5) is 24.1 Å². The topological polar surface area (TPSA) is 143 Å². The molecule has 0 fully saturated rings. The smallest absolute Gasteiger partial charge is 0.414 e. The molecule has 0 bridgehead atoms. The van der Waals surface area contributed by atoms with E-state index in [1.807, 2.05) is 0 Å². The Bertz CT molecular complexity index is 1920. The summed E-state index contributed by atoms with van der Waals surface area (Å²) in [5, 5.41) is 7.38. The van der Waals surface area contributed by atoms with Crippen LogP contribution in [0.15, 0.2) is 121 Å². The van der Waals surface area contributed by atoms with Crippen molar-refractivity contribution in [2.24, 2.45) is 11.8 Å². The van der Waals surface area contributed by atoms with Gasteiger partial charge in [-0.2, -0.15) is 8.78 Å². The van der Waals surface area contributed by atoms with Crippen LogP contribution in [0.25, 0.3) is 0 Å². The summed E-state index contributed by atoms with van der Waals surface area (Å²) in [4.78, 5) is 69.4. The second kappa shape index (κ2) is 20.7. The molecule has 302 valence electrons. The fraction of sp³-hybridized carbons (Fsp3) is 0.341. The molecule has 0 aliphatic carbocycles. The van der Waals surface area contributed by atoms with Crippen LogP contribution < -0.4 is 20.9 Å². The lowest BCUT2D eigenvalue weighted by molar-refractivity contribution is -0.153. The van der Waals surface area contributed by atoms with Crippen LogP contribution in [-0.2, 0) is 43.3 Å². The lowest BCUT2D eigenvalue weighted by atomic mass is 9.90. The van der Waals surface area contributed by atoms with Crippen molar-refractivity contribution in [1.29, 1.82) is 0 Å². The highest BCUT2D eigenvalue weighted by atomic mass is 19.3. The maximum Gasteiger partial charge on any atom is 0.414 e. The SMILES string of the molecule is COC(=O)N(c1ccccc1)[C@H](C(=O)N[C@@H](Cc1ccccc1)C(=O)C(F)(F)C(Cc1ccccc1)NC(=O)[C@@H](NC(=O)OCc1ccccc1)C(C)C)C(C)C. The van der Waals surface area contributed by atoms with Gasteiger partial charge in [0.1, 0.15) is 24.7 Å². The number of amides is 4. The van der Waals surface area contributed by atoms with Gasteiger partial charge in [0.15, 0.2) is 0 Å². The van der Waals surface area contributed by atoms with Gasteiger partial charge >= 0.3 is 18.1 Å². The first-order valence-corrected chi connectivity index (χ1v) is 18.7. The van der Waals surface area contributed by atoms with Gasteiger partial charge in [-0.15, -0.1) is 0 Å². The van der Waals surface area contributed by atoms with Crippen molar-refractivity contribution in [3.8, 4) is 0 Å². The first-order valence-electron chi connectivity index (χ1n) is 18.7. The van der Waals surface area contributed by atoms with Gasteiger partial charge in [-0.25, -0.2) is 9.59 Å². The fourth-order valence-electron chi connectivity index (χ4n) is 6.31. The Hall–Kier alpha value is -6.11. The quantitative estimate of drug-likeness (QED) is 0.0997. The molecular weight excluding hydrogens is 735 g/mol. The number of Topliss-reactive ketones (excluding diaryl/α,β-unsaturated/α-hetero) is 1. The fourth-order valence-corrected chi connectivity index (χ4v) is 6.31. The van der Waals surface area contributed by atoms with E-state index in [0.29, 0.717) is 22.4 Å². The predicted octanol–water partition coefficient (Wildman–Crippen LogP) is 6.89. The van der Waals surface area contributed by atoms with E-state index in [4.69, 9.17) is 9.47 Å². The molecule has 1 unspecified atom stereocenters. The summed E-state index contributed by atoms with van der Waals surface area (Å²) in [7, 11) is 1.16. The highest BCUT2D eigenvalue weighted by molar-refractivity contribution is 6.01. The maximum absolute atomic E-state index is 17.0. The zero-order chi connectivity index (χ0) is 41.5. The summed E-state index contributed by atoms with van der Waals surface area (Å²) in [6.07, 6.45) is -2.60. The van der Waals surface area contributed by atoms with Crippen molar-refractivity contribution in [2.75, 3.05) is 12.0 Å². The standard InChI is InChI=1S/C44H50F2N4O7/c1-29(2)37(49-42(54)57-28-33-22-14-8-15-23-33)40(52)48-36(27-32-20-12-7-13-21-32)44(45,46)39(51)35(26-31-18-10-6-11-19-31)47-41(53)38(30(3)4)50(43(55)56-5)34-24-16-9-17-25-34/h6-25,29-30,35-38H,26-28H2,1-5H3,(H,47,53)(H,48,52)(H,49,54)/t35-,36?,37-,38-/m0/s1. The van der Waals surface area contributed by atoms with Gasteiger partial charge in [-0.3, -0.25) is 19.3 Å². The molecule has 0 heterocycles. The van der Waals surface area contributed by atoms with Crippen molar-refractivity contribution >= 4 is 35.5 Å². The van der Waals surface area contributed by atoms with Gasteiger partial charge in [0.25, 0.3) is 0 Å². The van der Waals surface area contributed by atoms with E-state index in [9.17, 15) is 24.0 Å². The van der Waals surface area contributed by atoms with E-state index in [1.165, 1.54) is 0 Å². The third-order valence-corrected chi connectivity index (χ3v) is 9.30. The van der Waals surface area contributed by atoms with E-state index in [-0.39, 0.29) is 13.0 Å². The molecule has 4 amide bonds. The molecule has 0 spiro atoms. The molecule has 0 aliphatic heterocycles. The monoisotopic (exact) mass is 784 g/mol. The number of ether oxygens (including phenoxy) is 2. The molecule has 0 aliphatic rings. The summed E-state index contributed by atoms with van der Waals surface area (Å²) in [5.41, 5.74) is 1.89. The van der Waals surface area contributed by atoms with Crippen LogP contribution in [-0.4, -0.2) is 67.0 Å². The number of ketones is 1. The number of carbonyl (C=O) groups excluding carboxylic acids is 5. The second-order valence-electron chi connectivity index (χ2n) is 14.3. The minimum absolute atomic E-state index is 0.0861. The number of nitrogens with one attached hydrogen (secondary N) is 3. The molecule has 4 atom stereocenters. The number of halogens is 2. The molecule has 13 heteroatoms. The van der Waals surface area contributed by atoms with Crippen LogP contribution in [0, 0.1) is 11.8 Å². The van der Waals surface area contributed by atoms with Crippen molar-refractivity contribution in [1.82, 2.24) is 16.0 Å². The Kier molecular flexibility index (Phi) is 15.8. The van der Waals surface area contributed by atoms with Crippen LogP contribution in [0.5, 0.6) is 0 Å². The lowest BCUT2D eigenvalue weighted by Gasteiger charge is -2.35. The largest absolute Gasteiger partial charge is 0.452 e. The van der Waals surface area contributed by atoms with E-state index in [1.54, 1.807) is 149 Å². The number of hydrogen-bond donors (Lipinski definition) is 3. The van der Waals surface area contributed by atoms with Gasteiger partial charge in [0.2, 0.25) is 17.6 Å². The number of nitrogens with zero attached hydrogens (tertiary/aromatic N) is 1. The van der Waals surface area contributed by atoms with Gasteiger partial charge in [0, 0.05) is 5.69 Å². The summed E-state index contributed by atoms with van der Waals surface area (Å²) in [6, 6.07) is 27.1. The average Bonchev–Trinajstić information content (AvgIpc) is 3.21. The molecule has 3 N–H and O–H groups in total. The summed E-state index contributed by atoms with van der Waals surface area (Å²) >= 11 is 0. The molecule has 11 nitrogen and oxygen atoms in total. The van der Waals surface area contributed by atoms with Crippen LogP contribution in [0.3, 0.4) is 0 Å². The Labute approximate surface area is 332 Å². The van der Waals surface area contributed by atoms with Crippen LogP contribution >= 0.6 is 0 Å². The first kappa shape index (κ1) is 43.6. The average molecular weight is 785 g/mol. The number of benzene rings is 4. The van der Waals surface area contributed by atoms with Gasteiger partial charge in [-0.1, -0.05) is 137 Å². The molecule has 0 aromatic heterocycles. The molecule has 4 aromatic rings. The molecule has 0 saturated carbocycles. The van der Waals surface area contributed by atoms with Crippen molar-refractivity contribution in [2.45, 2.75) is 77.2 Å². The zero-order valence-electron chi connectivity index (χ0n) is 32.7. The number of methoxy groups -OCH3 is 1. The minimum atomic E-state index is -4.28. The summed E-state index contributed by atoms with van der Waals surface area (Å²) in [5.74, 6) is -8.91. The second-order valence-corrected chi connectivity index (χ2v) is 14.3. The van der Waals surface area contributed by atoms with Crippen molar-refractivity contribution in [3.05, 3.63) is 138 Å². The first-order chi connectivity index (χ1) is 27.2. The van der Waals surface area contributed by atoms with Gasteiger partial charge in [-0.05, 0) is 53.5 Å². The van der Waals surface area contributed by atoms with Gasteiger partial charge in [0.05, 0.1) is 13.2 Å². The number of rotatable bonds is 18. The van der Waals surface area contributed by atoms with Crippen LogP contribution in [0.1, 0.15) is 44.4 Å². The molecular formula is C44H50F2N4O7. The summed E-state index contributed by atoms with van der Waals surface area (Å²) < 4.78 is 44.3. The molecule has 0 radical (unpaired) electrons. The van der Waals surface area contributed by atoms with Gasteiger partial charge < -0.3 is 25.4 Å². The number of alkyl halides is 2. The number of para-hydroxylation sites is 1. The maximum atomic E-state index is 17.0. The number of carbonyl (C=O) groups is 5. The Balaban J connectivity index is 1.67. The Morgan fingerprint density at radius 1 is 0.632 bits per heavy atom. The minimum Gasteiger partial charge on any atom is -0.452 e. The van der Waals surface area contributed by atoms with Crippen molar-refractivity contribution < 1.29 is 42.2 Å². The van der Waals surface area contributed by atoms with Crippen LogP contribution in [0.2, 0.25) is 0 Å².